The van der Waals surface area contributed by atoms with Crippen molar-refractivity contribution in [2.24, 2.45) is 0 Å². The molecule has 4 nitrogen and oxygen atoms in total. The minimum Gasteiger partial charge on any atom is -0.492 e. The highest BCUT2D eigenvalue weighted by Crippen LogP contribution is 2.43. The fourth-order valence-corrected chi connectivity index (χ4v) is 5.19. The van der Waals surface area contributed by atoms with Gasteiger partial charge in [-0.05, 0) is 65.6 Å². The molecular weight excluding hydrogens is 492 g/mol. The molecule has 0 saturated heterocycles. The molecule has 9 heteroatoms. The molecule has 0 bridgehead atoms. The van der Waals surface area contributed by atoms with E-state index in [0.29, 0.717) is 16.1 Å². The van der Waals surface area contributed by atoms with E-state index < -0.39 is 18.2 Å². The Bertz CT molecular complexity index is 1580. The molecule has 1 atom stereocenters. The van der Waals surface area contributed by atoms with Crippen LogP contribution in [-0.2, 0) is 5.60 Å². The van der Waals surface area contributed by atoms with Gasteiger partial charge in [0.05, 0.1) is 11.7 Å². The van der Waals surface area contributed by atoms with E-state index in [1.165, 1.54) is 55.2 Å². The van der Waals surface area contributed by atoms with Gasteiger partial charge in [0.25, 0.3) is 0 Å². The van der Waals surface area contributed by atoms with Crippen LogP contribution in [0.3, 0.4) is 0 Å². The van der Waals surface area contributed by atoms with Crippen LogP contribution in [0.5, 0.6) is 5.88 Å². The Labute approximate surface area is 207 Å². The van der Waals surface area contributed by atoms with Gasteiger partial charge in [-0.1, -0.05) is 49.0 Å². The summed E-state index contributed by atoms with van der Waals surface area (Å²) in [7, 11) is 0. The zero-order chi connectivity index (χ0) is 25.7. The molecule has 0 saturated carbocycles. The van der Waals surface area contributed by atoms with Crippen molar-refractivity contribution >= 4 is 28.3 Å². The molecule has 3 aromatic carbocycles. The van der Waals surface area contributed by atoms with Gasteiger partial charge < -0.3 is 10.2 Å². The summed E-state index contributed by atoms with van der Waals surface area (Å²) in [6, 6.07) is 19.2. The van der Waals surface area contributed by atoms with E-state index in [0.717, 1.165) is 21.4 Å². The average Bonchev–Trinajstić information content (AvgIpc) is 3.23. The van der Waals surface area contributed by atoms with Crippen LogP contribution in [0.4, 0.5) is 17.6 Å². The van der Waals surface area contributed by atoms with Crippen LogP contribution in [0, 0.1) is 5.82 Å². The van der Waals surface area contributed by atoms with Gasteiger partial charge in [-0.2, -0.15) is 18.2 Å². The molecule has 5 aromatic rings. The standard InChI is InChI=1S/C27H20F4N2O2S/c1-2-26(35,27(29,30)31)17-4-3-5-19(12-17)36-20-10-11-21-22(16-6-8-18(28)9-7-16)14-24-32-25(34)15-33(24)23(21)13-20/h3-15,34-35H,2H2,1H3. The van der Waals surface area contributed by atoms with E-state index in [2.05, 4.69) is 4.98 Å². The van der Waals surface area contributed by atoms with Gasteiger partial charge in [-0.3, -0.25) is 4.40 Å². The van der Waals surface area contributed by atoms with Crippen LogP contribution in [0.25, 0.3) is 27.7 Å². The molecule has 2 aromatic heterocycles. The maximum atomic E-state index is 13.6. The Morgan fingerprint density at radius 2 is 1.67 bits per heavy atom. The summed E-state index contributed by atoms with van der Waals surface area (Å²) in [5.41, 5.74) is -0.394. The molecule has 0 aliphatic heterocycles. The minimum absolute atomic E-state index is 0.163. The first-order valence-corrected chi connectivity index (χ1v) is 11.9. The van der Waals surface area contributed by atoms with Gasteiger partial charge in [0, 0.05) is 15.2 Å². The summed E-state index contributed by atoms with van der Waals surface area (Å²) in [4.78, 5) is 5.42. The highest BCUT2D eigenvalue weighted by molar-refractivity contribution is 7.99. The lowest BCUT2D eigenvalue weighted by atomic mass is 9.90. The number of fused-ring (bicyclic) bond motifs is 3. The van der Waals surface area contributed by atoms with Gasteiger partial charge in [-0.25, -0.2) is 4.39 Å². The zero-order valence-electron chi connectivity index (χ0n) is 18.9. The first-order chi connectivity index (χ1) is 17.1. The van der Waals surface area contributed by atoms with Crippen molar-refractivity contribution in [2.75, 3.05) is 0 Å². The van der Waals surface area contributed by atoms with Crippen LogP contribution in [0.1, 0.15) is 18.9 Å². The summed E-state index contributed by atoms with van der Waals surface area (Å²) in [6.45, 7) is 1.29. The number of pyridine rings is 1. The second kappa shape index (κ2) is 8.83. The number of aromatic hydroxyl groups is 1. The Hall–Kier alpha value is -3.56. The van der Waals surface area contributed by atoms with Crippen LogP contribution in [-0.4, -0.2) is 25.8 Å². The molecule has 0 amide bonds. The van der Waals surface area contributed by atoms with E-state index in [1.54, 1.807) is 28.7 Å². The third-order valence-electron chi connectivity index (χ3n) is 6.20. The lowest BCUT2D eigenvalue weighted by Crippen LogP contribution is -2.41. The number of imidazole rings is 1. The lowest BCUT2D eigenvalue weighted by molar-refractivity contribution is -0.267. The summed E-state index contributed by atoms with van der Waals surface area (Å²) < 4.78 is 55.9. The third-order valence-corrected chi connectivity index (χ3v) is 7.18. The number of aromatic nitrogens is 2. The Morgan fingerprint density at radius 3 is 2.36 bits per heavy atom. The monoisotopic (exact) mass is 512 g/mol. The van der Waals surface area contributed by atoms with E-state index in [1.807, 2.05) is 18.2 Å². The van der Waals surface area contributed by atoms with Crippen molar-refractivity contribution in [3.8, 4) is 17.0 Å². The Morgan fingerprint density at radius 1 is 0.944 bits per heavy atom. The highest BCUT2D eigenvalue weighted by Gasteiger charge is 2.53. The minimum atomic E-state index is -4.81. The van der Waals surface area contributed by atoms with Gasteiger partial charge in [0.1, 0.15) is 11.5 Å². The van der Waals surface area contributed by atoms with Gasteiger partial charge in [-0.15, -0.1) is 0 Å². The molecule has 36 heavy (non-hydrogen) atoms. The van der Waals surface area contributed by atoms with Crippen LogP contribution >= 0.6 is 11.8 Å². The largest absolute Gasteiger partial charge is 0.492 e. The molecule has 0 spiro atoms. The summed E-state index contributed by atoms with van der Waals surface area (Å²) in [5.74, 6) is -0.520. The summed E-state index contributed by atoms with van der Waals surface area (Å²) in [6.07, 6.45) is -3.83. The molecule has 0 aliphatic carbocycles. The summed E-state index contributed by atoms with van der Waals surface area (Å²) in [5, 5.41) is 21.2. The molecule has 2 heterocycles. The smallest absolute Gasteiger partial charge is 0.421 e. The van der Waals surface area contributed by atoms with Crippen molar-refractivity contribution in [3.63, 3.8) is 0 Å². The first-order valence-electron chi connectivity index (χ1n) is 11.1. The number of nitrogens with zero attached hydrogens (tertiary/aromatic N) is 2. The molecule has 5 rings (SSSR count). The number of aliphatic hydroxyl groups is 1. The second-order valence-corrected chi connectivity index (χ2v) is 9.56. The van der Waals surface area contributed by atoms with Crippen molar-refractivity contribution < 1.29 is 27.8 Å². The Kier molecular flexibility index (Phi) is 5.92. The van der Waals surface area contributed by atoms with Crippen molar-refractivity contribution in [1.82, 2.24) is 9.38 Å². The summed E-state index contributed by atoms with van der Waals surface area (Å²) >= 11 is 1.25. The zero-order valence-corrected chi connectivity index (χ0v) is 19.7. The van der Waals surface area contributed by atoms with Crippen LogP contribution in [0.15, 0.2) is 88.8 Å². The average molecular weight is 513 g/mol. The SMILES string of the molecule is CCC(O)(c1cccc(Sc2ccc3c(-c4ccc(F)cc4)cc4nc(O)cn4c3c2)c1)C(F)(F)F. The second-order valence-electron chi connectivity index (χ2n) is 8.41. The van der Waals surface area contributed by atoms with Gasteiger partial charge in [0.15, 0.2) is 5.60 Å². The topological polar surface area (TPSA) is 57.8 Å². The van der Waals surface area contributed by atoms with Crippen LogP contribution < -0.4 is 0 Å². The van der Waals surface area contributed by atoms with Crippen molar-refractivity contribution in [3.05, 3.63) is 90.4 Å². The predicted molar refractivity (Wildman–Crippen MR) is 131 cm³/mol. The number of benzene rings is 3. The fourth-order valence-electron chi connectivity index (χ4n) is 4.27. The maximum absolute atomic E-state index is 13.6. The van der Waals surface area contributed by atoms with E-state index in [-0.39, 0.29) is 17.3 Å². The fraction of sp³-hybridized carbons (Fsp3) is 0.148. The highest BCUT2D eigenvalue weighted by atomic mass is 32.2. The van der Waals surface area contributed by atoms with E-state index in [9.17, 15) is 27.8 Å². The predicted octanol–water partition coefficient (Wildman–Crippen LogP) is 7.31. The molecule has 1 unspecified atom stereocenters. The van der Waals surface area contributed by atoms with Crippen molar-refractivity contribution in [2.45, 2.75) is 34.9 Å². The molecule has 2 N–H and O–H groups in total. The maximum Gasteiger partial charge on any atom is 0.421 e. The lowest BCUT2D eigenvalue weighted by Gasteiger charge is -2.30. The number of rotatable bonds is 5. The van der Waals surface area contributed by atoms with Crippen molar-refractivity contribution in [1.29, 1.82) is 0 Å². The normalized spacial score (nSPS) is 13.8. The van der Waals surface area contributed by atoms with Gasteiger partial charge in [0.2, 0.25) is 5.88 Å². The first kappa shape index (κ1) is 24.1. The number of hydrogen-bond donors (Lipinski definition) is 2. The van der Waals surface area contributed by atoms with E-state index >= 15 is 0 Å². The third kappa shape index (κ3) is 4.18. The quantitative estimate of drug-likeness (QED) is 0.243. The number of halogens is 4. The molecule has 0 fully saturated rings. The van der Waals surface area contributed by atoms with Crippen LogP contribution in [0.2, 0.25) is 0 Å². The Balaban J connectivity index is 1.60. The number of alkyl halides is 3. The van der Waals surface area contributed by atoms with E-state index in [4.69, 9.17) is 0 Å². The molecular formula is C27H20F4N2O2S. The molecule has 184 valence electrons. The number of hydrogen-bond acceptors (Lipinski definition) is 4. The van der Waals surface area contributed by atoms with Gasteiger partial charge >= 0.3 is 6.18 Å². The molecule has 0 aliphatic rings. The molecule has 0 radical (unpaired) electrons.